The Bertz CT molecular complexity index is 831. The maximum atomic E-state index is 12.5. The highest BCUT2D eigenvalue weighted by molar-refractivity contribution is 6.14. The molecule has 0 unspecified atom stereocenters. The van der Waals surface area contributed by atoms with Crippen LogP contribution in [0.15, 0.2) is 48.0 Å². The summed E-state index contributed by atoms with van der Waals surface area (Å²) in [5.41, 5.74) is 2.26. The number of methoxy groups -OCH3 is 1. The van der Waals surface area contributed by atoms with Crippen molar-refractivity contribution in [3.63, 3.8) is 0 Å². The van der Waals surface area contributed by atoms with E-state index in [4.69, 9.17) is 9.47 Å². The van der Waals surface area contributed by atoms with Crippen LogP contribution in [0.2, 0.25) is 0 Å². The largest absolute Gasteiger partial charge is 0.493 e. The van der Waals surface area contributed by atoms with Crippen molar-refractivity contribution < 1.29 is 14.3 Å². The Labute approximate surface area is 148 Å². The number of benzene rings is 2. The number of ketones is 1. The van der Waals surface area contributed by atoms with Crippen molar-refractivity contribution in [1.29, 1.82) is 5.26 Å². The van der Waals surface area contributed by atoms with Gasteiger partial charge in [-0.05, 0) is 43.2 Å². The number of Topliss-reactive ketones (excluding diaryl/α,β-unsaturated/α-hetero) is 1. The van der Waals surface area contributed by atoms with Crippen molar-refractivity contribution in [3.8, 4) is 17.6 Å². The lowest BCUT2D eigenvalue weighted by Crippen LogP contribution is -2.02. The van der Waals surface area contributed by atoms with Gasteiger partial charge in [-0.15, -0.1) is 0 Å². The van der Waals surface area contributed by atoms with E-state index in [-0.39, 0.29) is 11.4 Å². The topological polar surface area (TPSA) is 59.3 Å². The summed E-state index contributed by atoms with van der Waals surface area (Å²) in [6, 6.07) is 14.5. The number of allylic oxidation sites excluding steroid dienone is 1. The van der Waals surface area contributed by atoms with Gasteiger partial charge in [-0.25, -0.2) is 0 Å². The first kappa shape index (κ1) is 18.3. The molecule has 2 aromatic rings. The van der Waals surface area contributed by atoms with Crippen LogP contribution in [0.3, 0.4) is 0 Å². The van der Waals surface area contributed by atoms with Crippen molar-refractivity contribution in [1.82, 2.24) is 0 Å². The Morgan fingerprint density at radius 2 is 2.00 bits per heavy atom. The second-order valence-corrected chi connectivity index (χ2v) is 5.63. The Balaban J connectivity index is 2.33. The van der Waals surface area contributed by atoms with E-state index in [1.165, 1.54) is 0 Å². The molecule has 0 fully saturated rings. The van der Waals surface area contributed by atoms with Crippen LogP contribution in [0.5, 0.6) is 11.5 Å². The summed E-state index contributed by atoms with van der Waals surface area (Å²) < 4.78 is 11.0. The number of hydrogen-bond acceptors (Lipinski definition) is 4. The number of rotatable bonds is 7. The number of aryl methyl sites for hydroxylation is 1. The minimum absolute atomic E-state index is 0.0786. The fraction of sp³-hybridized carbons (Fsp3) is 0.238. The van der Waals surface area contributed by atoms with Crippen molar-refractivity contribution in [2.45, 2.75) is 20.3 Å². The maximum Gasteiger partial charge on any atom is 0.203 e. The van der Waals surface area contributed by atoms with E-state index < -0.39 is 0 Å². The lowest BCUT2D eigenvalue weighted by molar-refractivity contribution is 0.104. The fourth-order valence-corrected chi connectivity index (χ4v) is 2.36. The molecule has 25 heavy (non-hydrogen) atoms. The zero-order valence-corrected chi connectivity index (χ0v) is 14.7. The van der Waals surface area contributed by atoms with E-state index in [1.807, 2.05) is 26.0 Å². The average molecular weight is 335 g/mol. The van der Waals surface area contributed by atoms with Crippen LogP contribution in [0.4, 0.5) is 0 Å². The molecule has 0 atom stereocenters. The Morgan fingerprint density at radius 1 is 1.20 bits per heavy atom. The Hall–Kier alpha value is -3.06. The first-order valence-corrected chi connectivity index (χ1v) is 8.13. The van der Waals surface area contributed by atoms with Crippen molar-refractivity contribution in [2.75, 3.05) is 13.7 Å². The molecule has 0 aliphatic carbocycles. The summed E-state index contributed by atoms with van der Waals surface area (Å²) in [6.07, 6.45) is 2.46. The molecule has 128 valence electrons. The number of carbonyl (C=O) groups is 1. The third-order valence-corrected chi connectivity index (χ3v) is 3.61. The fourth-order valence-electron chi connectivity index (χ4n) is 2.36. The molecular formula is C21H21NO3. The Morgan fingerprint density at radius 3 is 2.64 bits per heavy atom. The molecule has 0 saturated heterocycles. The molecule has 4 nitrogen and oxygen atoms in total. The molecule has 0 aliphatic heterocycles. The van der Waals surface area contributed by atoms with Crippen LogP contribution < -0.4 is 9.47 Å². The molecule has 0 heterocycles. The quantitative estimate of drug-likeness (QED) is 0.422. The van der Waals surface area contributed by atoms with Crippen LogP contribution >= 0.6 is 0 Å². The summed E-state index contributed by atoms with van der Waals surface area (Å²) >= 11 is 0. The van der Waals surface area contributed by atoms with Gasteiger partial charge in [0.05, 0.1) is 13.7 Å². The smallest absolute Gasteiger partial charge is 0.203 e. The summed E-state index contributed by atoms with van der Waals surface area (Å²) in [5.74, 6) is 0.920. The number of hydrogen-bond donors (Lipinski definition) is 0. The molecule has 0 aromatic heterocycles. The van der Waals surface area contributed by atoms with Gasteiger partial charge in [-0.1, -0.05) is 36.8 Å². The first-order chi connectivity index (χ1) is 12.1. The summed E-state index contributed by atoms with van der Waals surface area (Å²) in [7, 11) is 1.56. The van der Waals surface area contributed by atoms with Gasteiger partial charge in [-0.3, -0.25) is 4.79 Å². The third-order valence-electron chi connectivity index (χ3n) is 3.61. The van der Waals surface area contributed by atoms with Gasteiger partial charge < -0.3 is 9.47 Å². The highest BCUT2D eigenvalue weighted by atomic mass is 16.5. The van der Waals surface area contributed by atoms with E-state index in [0.717, 1.165) is 12.0 Å². The second-order valence-electron chi connectivity index (χ2n) is 5.63. The molecule has 2 rings (SSSR count). The summed E-state index contributed by atoms with van der Waals surface area (Å²) in [6.45, 7) is 4.53. The van der Waals surface area contributed by atoms with Gasteiger partial charge in [0.25, 0.3) is 0 Å². The highest BCUT2D eigenvalue weighted by Crippen LogP contribution is 2.29. The minimum atomic E-state index is -0.295. The molecule has 0 bridgehead atoms. The van der Waals surface area contributed by atoms with Crippen molar-refractivity contribution in [3.05, 3.63) is 64.7 Å². The molecule has 2 aromatic carbocycles. The SMILES string of the molecule is CCCOc1ccc(/C=C(\C#N)C(=O)c2cccc(C)c2)cc1OC. The predicted molar refractivity (Wildman–Crippen MR) is 97.9 cm³/mol. The van der Waals surface area contributed by atoms with E-state index >= 15 is 0 Å². The first-order valence-electron chi connectivity index (χ1n) is 8.13. The number of ether oxygens (including phenoxy) is 2. The lowest BCUT2D eigenvalue weighted by atomic mass is 10.0. The minimum Gasteiger partial charge on any atom is -0.493 e. The molecule has 0 amide bonds. The summed E-state index contributed by atoms with van der Waals surface area (Å²) in [5, 5.41) is 9.39. The van der Waals surface area contributed by atoms with Crippen molar-refractivity contribution >= 4 is 11.9 Å². The van der Waals surface area contributed by atoms with Crippen molar-refractivity contribution in [2.24, 2.45) is 0 Å². The third kappa shape index (κ3) is 4.71. The monoisotopic (exact) mass is 335 g/mol. The van der Waals surface area contributed by atoms with Gasteiger partial charge in [-0.2, -0.15) is 5.26 Å². The van der Waals surface area contributed by atoms with Gasteiger partial charge in [0.1, 0.15) is 11.6 Å². The van der Waals surface area contributed by atoms with Crippen LogP contribution in [0.1, 0.15) is 34.8 Å². The van der Waals surface area contributed by atoms with E-state index in [9.17, 15) is 10.1 Å². The molecule has 0 radical (unpaired) electrons. The van der Waals surface area contributed by atoms with E-state index in [2.05, 4.69) is 0 Å². The average Bonchev–Trinajstić information content (AvgIpc) is 2.64. The summed E-state index contributed by atoms with van der Waals surface area (Å²) in [4.78, 5) is 12.5. The van der Waals surface area contributed by atoms with Crippen LogP contribution in [0, 0.1) is 18.3 Å². The maximum absolute atomic E-state index is 12.5. The van der Waals surface area contributed by atoms with Crippen LogP contribution in [-0.4, -0.2) is 19.5 Å². The number of nitrogens with zero attached hydrogens (tertiary/aromatic N) is 1. The molecule has 0 spiro atoms. The lowest BCUT2D eigenvalue weighted by Gasteiger charge is -2.10. The van der Waals surface area contributed by atoms with E-state index in [0.29, 0.717) is 29.2 Å². The van der Waals surface area contributed by atoms with Gasteiger partial charge in [0.15, 0.2) is 11.5 Å². The number of nitriles is 1. The number of carbonyl (C=O) groups excluding carboxylic acids is 1. The normalized spacial score (nSPS) is 10.9. The van der Waals surface area contributed by atoms with Gasteiger partial charge in [0.2, 0.25) is 5.78 Å². The zero-order chi connectivity index (χ0) is 18.2. The highest BCUT2D eigenvalue weighted by Gasteiger charge is 2.13. The van der Waals surface area contributed by atoms with Crippen LogP contribution in [-0.2, 0) is 0 Å². The predicted octanol–water partition coefficient (Wildman–Crippen LogP) is 4.58. The second kappa shape index (κ2) is 8.70. The van der Waals surface area contributed by atoms with Crippen LogP contribution in [0.25, 0.3) is 6.08 Å². The molecule has 0 N–H and O–H groups in total. The molecule has 0 aliphatic rings. The standard InChI is InChI=1S/C21H21NO3/c1-4-10-25-19-9-8-16(13-20(19)24-3)12-18(14-22)21(23)17-7-5-6-15(2)11-17/h5-9,11-13H,4,10H2,1-3H3/b18-12+. The zero-order valence-electron chi connectivity index (χ0n) is 14.7. The van der Waals surface area contributed by atoms with Gasteiger partial charge >= 0.3 is 0 Å². The Kier molecular flexibility index (Phi) is 6.36. The molecule has 0 saturated carbocycles. The van der Waals surface area contributed by atoms with E-state index in [1.54, 1.807) is 49.6 Å². The molecular weight excluding hydrogens is 314 g/mol. The molecule has 4 heteroatoms. The van der Waals surface area contributed by atoms with Gasteiger partial charge in [0, 0.05) is 5.56 Å².